The average Bonchev–Trinajstić information content (AvgIpc) is 2.80. The third-order valence-electron chi connectivity index (χ3n) is 6.40. The van der Waals surface area contributed by atoms with Gasteiger partial charge >= 0.3 is 8.80 Å². The second-order valence-electron chi connectivity index (χ2n) is 9.69. The Morgan fingerprint density at radius 1 is 0.455 bits per heavy atom. The summed E-state index contributed by atoms with van der Waals surface area (Å²) in [5.74, 6) is 0. The molecule has 0 fully saturated rings. The van der Waals surface area contributed by atoms with Crippen molar-refractivity contribution in [2.45, 2.75) is 131 Å². The minimum Gasteiger partial charge on any atom is -1.00 e. The first kappa shape index (κ1) is 35.5. The lowest BCUT2D eigenvalue weighted by Gasteiger charge is -2.40. The van der Waals surface area contributed by atoms with Gasteiger partial charge in [0, 0.05) is 32.3 Å². The highest BCUT2D eigenvalue weighted by atomic mass is 35.5. The number of nitrogens with zero attached hydrogens (tertiary/aromatic N) is 1. The van der Waals surface area contributed by atoms with E-state index in [-0.39, 0.29) is 12.4 Å². The van der Waals surface area contributed by atoms with E-state index in [0.29, 0.717) is 0 Å². The number of halogens is 1. The number of rotatable bonds is 25. The van der Waals surface area contributed by atoms with Gasteiger partial charge < -0.3 is 30.2 Å². The van der Waals surface area contributed by atoms with E-state index in [1.165, 1.54) is 88.4 Å². The molecule has 0 radical (unpaired) electrons. The van der Waals surface area contributed by atoms with E-state index in [2.05, 4.69) is 41.5 Å². The van der Waals surface area contributed by atoms with Gasteiger partial charge in [-0.2, -0.15) is 0 Å². The topological polar surface area (TPSA) is 27.7 Å². The van der Waals surface area contributed by atoms with Crippen LogP contribution in [0.15, 0.2) is 0 Å². The van der Waals surface area contributed by atoms with Crippen molar-refractivity contribution in [3.63, 3.8) is 0 Å². The van der Waals surface area contributed by atoms with Crippen molar-refractivity contribution in [1.29, 1.82) is 0 Å². The van der Waals surface area contributed by atoms with Crippen LogP contribution < -0.4 is 12.4 Å². The molecule has 0 bridgehead atoms. The zero-order valence-electron chi connectivity index (χ0n) is 23.4. The van der Waals surface area contributed by atoms with Gasteiger partial charge in [0.15, 0.2) is 0 Å². The van der Waals surface area contributed by atoms with Crippen molar-refractivity contribution >= 4 is 8.80 Å². The summed E-state index contributed by atoms with van der Waals surface area (Å²) in [5, 5.41) is 0. The van der Waals surface area contributed by atoms with Gasteiger partial charge in [0.2, 0.25) is 0 Å². The van der Waals surface area contributed by atoms with Gasteiger partial charge in [-0.1, -0.05) is 60.8 Å². The minimum atomic E-state index is -2.58. The molecular formula is C27H60ClNO3Si. The Labute approximate surface area is 215 Å². The van der Waals surface area contributed by atoms with Crippen molar-refractivity contribution in [3.8, 4) is 0 Å². The van der Waals surface area contributed by atoms with E-state index in [1.54, 1.807) is 0 Å². The fraction of sp³-hybridized carbons (Fsp3) is 1.00. The maximum atomic E-state index is 6.38. The van der Waals surface area contributed by atoms with E-state index < -0.39 is 8.80 Å². The lowest BCUT2D eigenvalue weighted by molar-refractivity contribution is -0.929. The minimum absolute atomic E-state index is 0. The maximum Gasteiger partial charge on any atom is 0.501 e. The van der Waals surface area contributed by atoms with Crippen molar-refractivity contribution in [3.05, 3.63) is 0 Å². The van der Waals surface area contributed by atoms with Crippen molar-refractivity contribution < 1.29 is 30.2 Å². The second-order valence-corrected chi connectivity index (χ2v) is 12.4. The van der Waals surface area contributed by atoms with Gasteiger partial charge in [-0.15, -0.1) is 0 Å². The number of unbranched alkanes of at least 4 members (excludes halogenated alkanes) is 6. The van der Waals surface area contributed by atoms with Gasteiger partial charge in [-0.05, 0) is 57.8 Å². The zero-order chi connectivity index (χ0) is 24.0. The molecule has 202 valence electrons. The molecule has 0 unspecified atom stereocenters. The predicted octanol–water partition coefficient (Wildman–Crippen LogP) is 4.99. The molecule has 0 heterocycles. The number of hydrogen-bond donors (Lipinski definition) is 0. The van der Waals surface area contributed by atoms with Crippen LogP contribution in [0.1, 0.15) is 125 Å². The lowest BCUT2D eigenvalue weighted by Crippen LogP contribution is -3.00. The van der Waals surface area contributed by atoms with Crippen LogP contribution in [0.5, 0.6) is 0 Å². The second kappa shape index (κ2) is 24.1. The van der Waals surface area contributed by atoms with Crippen molar-refractivity contribution in [2.24, 2.45) is 0 Å². The monoisotopic (exact) mass is 509 g/mol. The molecule has 0 aliphatic carbocycles. The molecule has 0 aliphatic heterocycles. The molecule has 0 aromatic heterocycles. The lowest BCUT2D eigenvalue weighted by atomic mass is 10.1. The highest BCUT2D eigenvalue weighted by Crippen LogP contribution is 2.23. The molecule has 0 amide bonds. The fourth-order valence-electron chi connectivity index (χ4n) is 4.51. The van der Waals surface area contributed by atoms with Gasteiger partial charge in [-0.25, -0.2) is 0 Å². The van der Waals surface area contributed by atoms with Crippen LogP contribution in [0, 0.1) is 0 Å². The largest absolute Gasteiger partial charge is 1.00 e. The van der Waals surface area contributed by atoms with Gasteiger partial charge in [0.05, 0.1) is 26.2 Å². The molecule has 0 aromatic rings. The molecule has 0 aromatic carbocycles. The van der Waals surface area contributed by atoms with Crippen molar-refractivity contribution in [2.75, 3.05) is 46.0 Å². The summed E-state index contributed by atoms with van der Waals surface area (Å²) in [6.07, 6.45) is 16.3. The Morgan fingerprint density at radius 3 is 1.09 bits per heavy atom. The smallest absolute Gasteiger partial charge is 0.501 e. The first-order valence-corrected chi connectivity index (χ1v) is 16.3. The van der Waals surface area contributed by atoms with E-state index in [1.807, 2.05) is 0 Å². The molecule has 33 heavy (non-hydrogen) atoms. The molecule has 0 rings (SSSR count). The summed E-state index contributed by atoms with van der Waals surface area (Å²) in [6.45, 7) is 21.0. The Balaban J connectivity index is 0. The van der Waals surface area contributed by atoms with Crippen LogP contribution >= 0.6 is 0 Å². The fourth-order valence-corrected chi connectivity index (χ4v) is 7.33. The summed E-state index contributed by atoms with van der Waals surface area (Å²) in [7, 11) is -2.58. The summed E-state index contributed by atoms with van der Waals surface area (Å²) in [5.41, 5.74) is 0. The zero-order valence-corrected chi connectivity index (χ0v) is 25.2. The normalized spacial score (nSPS) is 12.2. The van der Waals surface area contributed by atoms with Gasteiger partial charge in [0.1, 0.15) is 0 Å². The Hall–Kier alpha value is 0.347. The number of hydrogen-bond acceptors (Lipinski definition) is 3. The van der Waals surface area contributed by atoms with Crippen LogP contribution in [0.2, 0.25) is 6.04 Å². The van der Waals surface area contributed by atoms with Crippen LogP contribution in [0.4, 0.5) is 0 Å². The Morgan fingerprint density at radius 2 is 0.788 bits per heavy atom. The maximum absolute atomic E-state index is 6.38. The molecule has 0 spiro atoms. The van der Waals surface area contributed by atoms with Crippen LogP contribution in [0.25, 0.3) is 0 Å². The molecule has 0 aliphatic rings. The standard InChI is InChI=1S/C27H60NO3Si.ClH/c1-7-13-16-20-28(21-17-14-8-2,22-18-15-9-3)23-19-27-32(29-24-10-4,30-25-11-5)31-26-12-6;/h7-27H2,1-6H3;1H/q+1;/p-1. The van der Waals surface area contributed by atoms with Gasteiger partial charge in [-0.3, -0.25) is 0 Å². The van der Waals surface area contributed by atoms with Gasteiger partial charge in [0.25, 0.3) is 0 Å². The van der Waals surface area contributed by atoms with Crippen molar-refractivity contribution in [1.82, 2.24) is 0 Å². The summed E-state index contributed by atoms with van der Waals surface area (Å²) < 4.78 is 20.4. The third kappa shape index (κ3) is 17.4. The summed E-state index contributed by atoms with van der Waals surface area (Å²) in [4.78, 5) is 0. The summed E-state index contributed by atoms with van der Waals surface area (Å²) in [6, 6.07) is 0.975. The SMILES string of the molecule is CCCCC[N+](CCCCC)(CCCCC)CCC[Si](OCCC)(OCCC)OCCC.[Cl-]. The average molecular weight is 510 g/mol. The van der Waals surface area contributed by atoms with Crippen LogP contribution in [-0.4, -0.2) is 59.3 Å². The molecule has 6 heteroatoms. The van der Waals surface area contributed by atoms with E-state index in [0.717, 1.165) is 51.5 Å². The highest BCUT2D eigenvalue weighted by Gasteiger charge is 2.41. The van der Waals surface area contributed by atoms with Crippen LogP contribution in [-0.2, 0) is 13.3 Å². The Bertz CT molecular complexity index is 353. The molecule has 4 nitrogen and oxygen atoms in total. The molecule has 0 N–H and O–H groups in total. The summed E-state index contributed by atoms with van der Waals surface area (Å²) >= 11 is 0. The van der Waals surface area contributed by atoms with E-state index >= 15 is 0 Å². The quantitative estimate of drug-likeness (QED) is 0.0985. The third-order valence-corrected chi connectivity index (χ3v) is 9.30. The molecule has 0 saturated carbocycles. The van der Waals surface area contributed by atoms with Crippen LogP contribution in [0.3, 0.4) is 0 Å². The van der Waals surface area contributed by atoms with E-state index in [4.69, 9.17) is 13.3 Å². The Kier molecular flexibility index (Phi) is 25.9. The molecular weight excluding hydrogens is 450 g/mol. The first-order valence-electron chi connectivity index (χ1n) is 14.3. The van der Waals surface area contributed by atoms with E-state index in [9.17, 15) is 0 Å². The number of quaternary nitrogens is 1. The molecule has 0 atom stereocenters. The highest BCUT2D eigenvalue weighted by molar-refractivity contribution is 6.60. The predicted molar refractivity (Wildman–Crippen MR) is 142 cm³/mol. The first-order chi connectivity index (χ1) is 15.6. The molecule has 0 saturated heterocycles.